The van der Waals surface area contributed by atoms with E-state index >= 15 is 0 Å². The summed E-state index contributed by atoms with van der Waals surface area (Å²) in [6.45, 7) is 0.703. The third kappa shape index (κ3) is 2.53. The van der Waals surface area contributed by atoms with Crippen LogP contribution in [0.4, 0.5) is 5.69 Å². The number of hydrogen-bond donors (Lipinski definition) is 0. The summed E-state index contributed by atoms with van der Waals surface area (Å²) in [4.78, 5) is 10.5. The fourth-order valence-corrected chi connectivity index (χ4v) is 1.43. The second-order valence-electron chi connectivity index (χ2n) is 3.79. The van der Waals surface area contributed by atoms with Crippen LogP contribution in [0.15, 0.2) is 43.0 Å². The molecule has 2 aromatic heterocycles. The van der Waals surface area contributed by atoms with E-state index in [1.807, 2.05) is 32.6 Å². The molecule has 16 heavy (non-hydrogen) atoms. The first kappa shape index (κ1) is 10.5. The minimum atomic E-state index is 0.703. The molecule has 0 aliphatic rings. The minimum Gasteiger partial charge on any atom is -0.377 e. The van der Waals surface area contributed by atoms with Gasteiger partial charge in [0, 0.05) is 44.3 Å². The van der Waals surface area contributed by atoms with E-state index in [4.69, 9.17) is 0 Å². The second kappa shape index (κ2) is 4.70. The van der Waals surface area contributed by atoms with Crippen LogP contribution in [0.25, 0.3) is 0 Å². The van der Waals surface area contributed by atoms with E-state index in [1.165, 1.54) is 5.69 Å². The van der Waals surface area contributed by atoms with Crippen LogP contribution >= 0.6 is 0 Å². The van der Waals surface area contributed by atoms with Gasteiger partial charge < -0.3 is 4.90 Å². The van der Waals surface area contributed by atoms with Gasteiger partial charge in [-0.2, -0.15) is 4.57 Å². The Bertz CT molecular complexity index is 436. The van der Waals surface area contributed by atoms with E-state index < -0.39 is 0 Å². The molecule has 2 rings (SSSR count). The van der Waals surface area contributed by atoms with Crippen molar-refractivity contribution in [2.75, 3.05) is 19.0 Å². The fraction of sp³-hybridized carbons (Fsp3) is 0.250. The van der Waals surface area contributed by atoms with Gasteiger partial charge in [0.2, 0.25) is 6.54 Å². The van der Waals surface area contributed by atoms with Crippen molar-refractivity contribution >= 4 is 5.69 Å². The fourth-order valence-electron chi connectivity index (χ4n) is 1.43. The summed E-state index contributed by atoms with van der Waals surface area (Å²) in [7, 11) is 4.06. The third-order valence-corrected chi connectivity index (χ3v) is 2.33. The first-order valence-electron chi connectivity index (χ1n) is 5.18. The van der Waals surface area contributed by atoms with Crippen LogP contribution in [0.3, 0.4) is 0 Å². The maximum Gasteiger partial charge on any atom is 0.207 e. The highest BCUT2D eigenvalue weighted by Crippen LogP contribution is 2.05. The van der Waals surface area contributed by atoms with Gasteiger partial charge in [-0.15, -0.1) is 0 Å². The van der Waals surface area contributed by atoms with E-state index in [0.717, 1.165) is 5.82 Å². The predicted molar refractivity (Wildman–Crippen MR) is 62.1 cm³/mol. The topological polar surface area (TPSA) is 32.9 Å². The number of rotatable bonds is 3. The van der Waals surface area contributed by atoms with Gasteiger partial charge in [0.25, 0.3) is 0 Å². The standard InChI is InChI=1S/C12H15N4/c1-15(2)11-4-8-16(9-5-11)10-12-13-6-3-7-14-12/h3-9H,10H2,1-2H3/q+1. The van der Waals surface area contributed by atoms with Gasteiger partial charge in [-0.05, 0) is 6.07 Å². The normalized spacial score (nSPS) is 10.1. The molecule has 0 bridgehead atoms. The molecule has 0 radical (unpaired) electrons. The zero-order chi connectivity index (χ0) is 11.4. The zero-order valence-electron chi connectivity index (χ0n) is 9.54. The molecule has 82 valence electrons. The van der Waals surface area contributed by atoms with E-state index in [2.05, 4.69) is 31.6 Å². The van der Waals surface area contributed by atoms with Crippen LogP contribution in [0.1, 0.15) is 5.82 Å². The van der Waals surface area contributed by atoms with Crippen molar-refractivity contribution in [1.29, 1.82) is 0 Å². The number of nitrogens with zero attached hydrogens (tertiary/aromatic N) is 4. The van der Waals surface area contributed by atoms with Crippen LogP contribution in [-0.2, 0) is 6.54 Å². The summed E-state index contributed by atoms with van der Waals surface area (Å²) >= 11 is 0. The van der Waals surface area contributed by atoms with Crippen molar-refractivity contribution in [1.82, 2.24) is 9.97 Å². The SMILES string of the molecule is CN(C)c1cc[n+](Cc2ncccn2)cc1. The summed E-state index contributed by atoms with van der Waals surface area (Å²) in [5.74, 6) is 0.824. The molecule has 0 atom stereocenters. The smallest absolute Gasteiger partial charge is 0.207 e. The number of aromatic nitrogens is 3. The highest BCUT2D eigenvalue weighted by Gasteiger charge is 2.04. The van der Waals surface area contributed by atoms with Crippen molar-refractivity contribution in [2.45, 2.75) is 6.54 Å². The molecule has 4 heteroatoms. The van der Waals surface area contributed by atoms with Crippen molar-refractivity contribution in [2.24, 2.45) is 0 Å². The third-order valence-electron chi connectivity index (χ3n) is 2.33. The maximum atomic E-state index is 4.19. The number of anilines is 1. The van der Waals surface area contributed by atoms with Gasteiger partial charge in [-0.3, -0.25) is 0 Å². The molecule has 2 aromatic rings. The summed E-state index contributed by atoms with van der Waals surface area (Å²) < 4.78 is 2.06. The Balaban J connectivity index is 2.11. The molecule has 0 amide bonds. The summed E-state index contributed by atoms with van der Waals surface area (Å²) in [6, 6.07) is 5.97. The lowest BCUT2D eigenvalue weighted by Crippen LogP contribution is -2.34. The largest absolute Gasteiger partial charge is 0.377 e. The molecule has 0 N–H and O–H groups in total. The van der Waals surface area contributed by atoms with Gasteiger partial charge in [0.15, 0.2) is 18.2 Å². The van der Waals surface area contributed by atoms with E-state index in [-0.39, 0.29) is 0 Å². The van der Waals surface area contributed by atoms with Crippen LogP contribution in [0.5, 0.6) is 0 Å². The first-order chi connectivity index (χ1) is 7.75. The van der Waals surface area contributed by atoms with Crippen LogP contribution < -0.4 is 9.47 Å². The molecule has 0 saturated carbocycles. The molecule has 0 unspecified atom stereocenters. The Kier molecular flexibility index (Phi) is 3.10. The summed E-state index contributed by atoms with van der Waals surface area (Å²) in [6.07, 6.45) is 7.59. The van der Waals surface area contributed by atoms with Crippen molar-refractivity contribution in [3.8, 4) is 0 Å². The summed E-state index contributed by atoms with van der Waals surface area (Å²) in [5.41, 5.74) is 1.19. The van der Waals surface area contributed by atoms with Gasteiger partial charge in [0.05, 0.1) is 0 Å². The average molecular weight is 215 g/mol. The molecule has 0 fully saturated rings. The van der Waals surface area contributed by atoms with Crippen molar-refractivity contribution < 1.29 is 4.57 Å². The lowest BCUT2D eigenvalue weighted by atomic mass is 10.4. The second-order valence-corrected chi connectivity index (χ2v) is 3.79. The monoisotopic (exact) mass is 215 g/mol. The molecule has 0 saturated heterocycles. The Morgan fingerprint density at radius 2 is 1.75 bits per heavy atom. The Hall–Kier alpha value is -1.97. The lowest BCUT2D eigenvalue weighted by Gasteiger charge is -2.10. The molecule has 4 nitrogen and oxygen atoms in total. The van der Waals surface area contributed by atoms with Crippen LogP contribution in [0.2, 0.25) is 0 Å². The van der Waals surface area contributed by atoms with Crippen molar-refractivity contribution in [3.63, 3.8) is 0 Å². The lowest BCUT2D eigenvalue weighted by molar-refractivity contribution is -0.689. The van der Waals surface area contributed by atoms with E-state index in [9.17, 15) is 0 Å². The molecule has 0 spiro atoms. The quantitative estimate of drug-likeness (QED) is 0.712. The van der Waals surface area contributed by atoms with Crippen LogP contribution in [-0.4, -0.2) is 24.1 Å². The van der Waals surface area contributed by atoms with Gasteiger partial charge >= 0.3 is 0 Å². The predicted octanol–water partition coefficient (Wildman–Crippen LogP) is 0.878. The molecule has 0 aliphatic carbocycles. The maximum absolute atomic E-state index is 4.19. The van der Waals surface area contributed by atoms with E-state index in [1.54, 1.807) is 12.4 Å². The molecule has 0 aliphatic heterocycles. The van der Waals surface area contributed by atoms with Gasteiger partial charge in [0.1, 0.15) is 0 Å². The highest BCUT2D eigenvalue weighted by molar-refractivity contribution is 5.41. The molecular formula is C12H15N4+. The molecule has 2 heterocycles. The van der Waals surface area contributed by atoms with Crippen LogP contribution in [0, 0.1) is 0 Å². The minimum absolute atomic E-state index is 0.703. The Morgan fingerprint density at radius 3 is 2.31 bits per heavy atom. The number of pyridine rings is 1. The highest BCUT2D eigenvalue weighted by atomic mass is 15.1. The average Bonchev–Trinajstić information content (AvgIpc) is 2.31. The Labute approximate surface area is 95.2 Å². The number of hydrogen-bond acceptors (Lipinski definition) is 3. The Morgan fingerprint density at radius 1 is 1.12 bits per heavy atom. The first-order valence-corrected chi connectivity index (χ1v) is 5.18. The zero-order valence-corrected chi connectivity index (χ0v) is 9.54. The van der Waals surface area contributed by atoms with Gasteiger partial charge in [-0.1, -0.05) is 0 Å². The molecular weight excluding hydrogens is 200 g/mol. The van der Waals surface area contributed by atoms with Gasteiger partial charge in [-0.25, -0.2) is 9.97 Å². The summed E-state index contributed by atoms with van der Waals surface area (Å²) in [5, 5.41) is 0. The molecule has 0 aromatic carbocycles. The van der Waals surface area contributed by atoms with Crippen molar-refractivity contribution in [3.05, 3.63) is 48.8 Å². The van der Waals surface area contributed by atoms with E-state index in [0.29, 0.717) is 6.54 Å².